The van der Waals surface area contributed by atoms with Crippen LogP contribution < -0.4 is 4.74 Å². The van der Waals surface area contributed by atoms with Crippen molar-refractivity contribution in [1.82, 2.24) is 9.21 Å². The Morgan fingerprint density at radius 3 is 2.11 bits per heavy atom. The van der Waals surface area contributed by atoms with Crippen molar-refractivity contribution in [3.05, 3.63) is 59.7 Å². The number of ketones is 1. The van der Waals surface area contributed by atoms with Gasteiger partial charge in [-0.2, -0.15) is 4.31 Å². The van der Waals surface area contributed by atoms with Gasteiger partial charge in [0.2, 0.25) is 10.0 Å². The van der Waals surface area contributed by atoms with E-state index in [4.69, 9.17) is 4.74 Å². The van der Waals surface area contributed by atoms with Crippen molar-refractivity contribution in [2.45, 2.75) is 11.8 Å². The molecule has 144 valence electrons. The number of methoxy groups -OCH3 is 1. The molecule has 0 N–H and O–H groups in total. The number of ether oxygens (including phenoxy) is 1. The van der Waals surface area contributed by atoms with Crippen LogP contribution in [0.2, 0.25) is 0 Å². The fraction of sp³-hybridized carbons (Fsp3) is 0.350. The predicted octanol–water partition coefficient (Wildman–Crippen LogP) is 2.19. The lowest BCUT2D eigenvalue weighted by Gasteiger charge is -2.33. The van der Waals surface area contributed by atoms with E-state index in [9.17, 15) is 13.2 Å². The summed E-state index contributed by atoms with van der Waals surface area (Å²) < 4.78 is 32.1. The van der Waals surface area contributed by atoms with E-state index in [1.807, 2.05) is 11.8 Å². The van der Waals surface area contributed by atoms with Crippen molar-refractivity contribution in [1.29, 1.82) is 0 Å². The number of benzene rings is 2. The van der Waals surface area contributed by atoms with Crippen molar-refractivity contribution < 1.29 is 17.9 Å². The van der Waals surface area contributed by atoms with Crippen LogP contribution in [0.3, 0.4) is 0 Å². The van der Waals surface area contributed by atoms with Crippen molar-refractivity contribution in [2.24, 2.45) is 0 Å². The summed E-state index contributed by atoms with van der Waals surface area (Å²) in [5, 5.41) is 0. The highest BCUT2D eigenvalue weighted by molar-refractivity contribution is 7.89. The first-order chi connectivity index (χ1) is 12.9. The smallest absolute Gasteiger partial charge is 0.243 e. The molecule has 1 aliphatic heterocycles. The Hall–Kier alpha value is -2.22. The SMILES string of the molecule is COc1ccc(C(=O)CN2CCN(S(=O)(=O)c3ccc(C)cc3)CC2)cc1. The number of hydrogen-bond donors (Lipinski definition) is 0. The normalized spacial score (nSPS) is 16.2. The monoisotopic (exact) mass is 388 g/mol. The Morgan fingerprint density at radius 2 is 1.56 bits per heavy atom. The molecule has 7 heteroatoms. The molecular formula is C20H24N2O4S. The molecule has 1 aliphatic rings. The number of nitrogens with zero attached hydrogens (tertiary/aromatic N) is 2. The maximum absolute atomic E-state index is 12.7. The summed E-state index contributed by atoms with van der Waals surface area (Å²) in [6, 6.07) is 13.9. The molecule has 0 amide bonds. The highest BCUT2D eigenvalue weighted by Gasteiger charge is 2.29. The molecule has 0 radical (unpaired) electrons. The van der Waals surface area contributed by atoms with Crippen LogP contribution in [0.5, 0.6) is 5.75 Å². The lowest BCUT2D eigenvalue weighted by Crippen LogP contribution is -2.49. The minimum absolute atomic E-state index is 0.0208. The van der Waals surface area contributed by atoms with Gasteiger partial charge in [-0.1, -0.05) is 17.7 Å². The summed E-state index contributed by atoms with van der Waals surface area (Å²) in [6.07, 6.45) is 0. The minimum atomic E-state index is -3.48. The zero-order valence-electron chi connectivity index (χ0n) is 15.6. The number of carbonyl (C=O) groups excluding carboxylic acids is 1. The van der Waals surface area contributed by atoms with E-state index in [0.29, 0.717) is 42.4 Å². The minimum Gasteiger partial charge on any atom is -0.497 e. The van der Waals surface area contributed by atoms with Crippen LogP contribution in [0.15, 0.2) is 53.4 Å². The number of sulfonamides is 1. The predicted molar refractivity (Wildman–Crippen MR) is 104 cm³/mol. The van der Waals surface area contributed by atoms with Crippen LogP contribution >= 0.6 is 0 Å². The molecule has 27 heavy (non-hydrogen) atoms. The summed E-state index contributed by atoms with van der Waals surface area (Å²) in [5.41, 5.74) is 1.65. The fourth-order valence-electron chi connectivity index (χ4n) is 3.06. The van der Waals surface area contributed by atoms with Crippen molar-refractivity contribution in [2.75, 3.05) is 39.8 Å². The quantitative estimate of drug-likeness (QED) is 0.710. The summed E-state index contributed by atoms with van der Waals surface area (Å²) in [4.78, 5) is 14.7. The van der Waals surface area contributed by atoms with Gasteiger partial charge in [-0.15, -0.1) is 0 Å². The number of piperazine rings is 1. The molecule has 0 aliphatic carbocycles. The summed E-state index contributed by atoms with van der Waals surface area (Å²) in [5.74, 6) is 0.731. The Kier molecular flexibility index (Phi) is 5.94. The van der Waals surface area contributed by atoms with Gasteiger partial charge in [0, 0.05) is 31.7 Å². The van der Waals surface area contributed by atoms with E-state index in [0.717, 1.165) is 5.56 Å². The molecule has 1 heterocycles. The zero-order valence-corrected chi connectivity index (χ0v) is 16.4. The third-order valence-corrected chi connectivity index (χ3v) is 6.68. The van der Waals surface area contributed by atoms with Gasteiger partial charge in [-0.05, 0) is 43.3 Å². The summed E-state index contributed by atoms with van der Waals surface area (Å²) in [7, 11) is -1.90. The Balaban J connectivity index is 1.58. The van der Waals surface area contributed by atoms with Gasteiger partial charge in [0.1, 0.15) is 5.75 Å². The van der Waals surface area contributed by atoms with Gasteiger partial charge in [0.15, 0.2) is 5.78 Å². The molecule has 1 fully saturated rings. The molecule has 0 bridgehead atoms. The fourth-order valence-corrected chi connectivity index (χ4v) is 4.48. The van der Waals surface area contributed by atoms with Crippen LogP contribution in [0.25, 0.3) is 0 Å². The van der Waals surface area contributed by atoms with Gasteiger partial charge < -0.3 is 4.74 Å². The lowest BCUT2D eigenvalue weighted by atomic mass is 10.1. The van der Waals surface area contributed by atoms with E-state index in [-0.39, 0.29) is 12.3 Å². The average molecular weight is 388 g/mol. The van der Waals surface area contributed by atoms with Crippen LogP contribution in [0.1, 0.15) is 15.9 Å². The second-order valence-electron chi connectivity index (χ2n) is 6.64. The number of rotatable bonds is 6. The summed E-state index contributed by atoms with van der Waals surface area (Å²) >= 11 is 0. The average Bonchev–Trinajstić information content (AvgIpc) is 2.69. The number of carbonyl (C=O) groups is 1. The first kappa shape index (κ1) is 19.5. The maximum Gasteiger partial charge on any atom is 0.243 e. The molecule has 3 rings (SSSR count). The van der Waals surface area contributed by atoms with Gasteiger partial charge >= 0.3 is 0 Å². The number of Topliss-reactive ketones (excluding diaryl/α,β-unsaturated/α-hetero) is 1. The Labute approximate surface area is 160 Å². The van der Waals surface area contributed by atoms with E-state index in [1.165, 1.54) is 4.31 Å². The second kappa shape index (κ2) is 8.21. The van der Waals surface area contributed by atoms with Crippen LogP contribution in [-0.4, -0.2) is 63.2 Å². The third-order valence-electron chi connectivity index (χ3n) is 4.77. The van der Waals surface area contributed by atoms with Crippen LogP contribution in [0.4, 0.5) is 0 Å². The highest BCUT2D eigenvalue weighted by atomic mass is 32.2. The van der Waals surface area contributed by atoms with E-state index < -0.39 is 10.0 Å². The van der Waals surface area contributed by atoms with E-state index in [1.54, 1.807) is 55.6 Å². The number of hydrogen-bond acceptors (Lipinski definition) is 5. The standard InChI is InChI=1S/C20H24N2O4S/c1-16-3-9-19(10-4-16)27(24,25)22-13-11-21(12-14-22)15-20(23)17-5-7-18(26-2)8-6-17/h3-10H,11-15H2,1-2H3. The molecule has 1 saturated heterocycles. The van der Waals surface area contributed by atoms with Gasteiger partial charge in [-0.3, -0.25) is 9.69 Å². The molecule has 6 nitrogen and oxygen atoms in total. The molecule has 0 aromatic heterocycles. The molecule has 0 saturated carbocycles. The third kappa shape index (κ3) is 4.55. The highest BCUT2D eigenvalue weighted by Crippen LogP contribution is 2.18. The van der Waals surface area contributed by atoms with Crippen LogP contribution in [0, 0.1) is 6.92 Å². The molecule has 0 atom stereocenters. The Bertz CT molecular complexity index is 885. The lowest BCUT2D eigenvalue weighted by molar-refractivity contribution is 0.0901. The molecule has 2 aromatic carbocycles. The van der Waals surface area contributed by atoms with Gasteiger partial charge in [0.05, 0.1) is 18.6 Å². The van der Waals surface area contributed by atoms with Crippen LogP contribution in [-0.2, 0) is 10.0 Å². The molecule has 0 unspecified atom stereocenters. The van der Waals surface area contributed by atoms with Gasteiger partial charge in [-0.25, -0.2) is 8.42 Å². The largest absolute Gasteiger partial charge is 0.497 e. The zero-order chi connectivity index (χ0) is 19.4. The Morgan fingerprint density at radius 1 is 0.963 bits per heavy atom. The van der Waals surface area contributed by atoms with Crippen molar-refractivity contribution in [3.8, 4) is 5.75 Å². The maximum atomic E-state index is 12.7. The van der Waals surface area contributed by atoms with E-state index >= 15 is 0 Å². The molecular weight excluding hydrogens is 364 g/mol. The first-order valence-corrected chi connectivity index (χ1v) is 10.3. The second-order valence-corrected chi connectivity index (χ2v) is 8.58. The first-order valence-electron chi connectivity index (χ1n) is 8.86. The number of aryl methyl sites for hydroxylation is 1. The van der Waals surface area contributed by atoms with E-state index in [2.05, 4.69) is 0 Å². The molecule has 2 aromatic rings. The topological polar surface area (TPSA) is 66.9 Å². The van der Waals surface area contributed by atoms with Crippen molar-refractivity contribution in [3.63, 3.8) is 0 Å². The molecule has 0 spiro atoms. The van der Waals surface area contributed by atoms with Gasteiger partial charge in [0.25, 0.3) is 0 Å². The summed E-state index contributed by atoms with van der Waals surface area (Å²) in [6.45, 7) is 4.04. The van der Waals surface area contributed by atoms with Crippen molar-refractivity contribution >= 4 is 15.8 Å².